The molecular weight excluding hydrogens is 319 g/mol. The second-order valence-corrected chi connectivity index (χ2v) is 5.56. The van der Waals surface area contributed by atoms with Crippen LogP contribution in [0.1, 0.15) is 30.6 Å². The van der Waals surface area contributed by atoms with Crippen LogP contribution in [0.3, 0.4) is 0 Å². The highest BCUT2D eigenvalue weighted by molar-refractivity contribution is 9.10. The van der Waals surface area contributed by atoms with Crippen LogP contribution in [0.5, 0.6) is 0 Å². The van der Waals surface area contributed by atoms with Gasteiger partial charge >= 0.3 is 0 Å². The largest absolute Gasteiger partial charge is 0.308 e. The molecule has 0 spiro atoms. The minimum absolute atomic E-state index is 0.137. The van der Waals surface area contributed by atoms with E-state index in [0.29, 0.717) is 0 Å². The smallest absolute Gasteiger partial charge is 0.124 e. The summed E-state index contributed by atoms with van der Waals surface area (Å²) in [6.45, 7) is 3.07. The first-order valence-corrected chi connectivity index (χ1v) is 7.58. The molecule has 0 bridgehead atoms. The summed E-state index contributed by atoms with van der Waals surface area (Å²) in [6, 6.07) is 10.9. The zero-order chi connectivity index (χ0) is 14.4. The van der Waals surface area contributed by atoms with Gasteiger partial charge in [-0.05, 0) is 49.2 Å². The van der Waals surface area contributed by atoms with Gasteiger partial charge in [0.25, 0.3) is 0 Å². The summed E-state index contributed by atoms with van der Waals surface area (Å²) in [5.41, 5.74) is 2.09. The zero-order valence-corrected chi connectivity index (χ0v) is 13.0. The van der Waals surface area contributed by atoms with Gasteiger partial charge in [0, 0.05) is 10.7 Å². The number of halogens is 2. The zero-order valence-electron chi connectivity index (χ0n) is 11.4. The number of hydrogen-bond acceptors (Lipinski definition) is 2. The molecule has 0 saturated carbocycles. The molecule has 0 amide bonds. The monoisotopic (exact) mass is 336 g/mol. The van der Waals surface area contributed by atoms with Crippen molar-refractivity contribution in [1.82, 2.24) is 10.3 Å². The molecule has 4 heteroatoms. The summed E-state index contributed by atoms with van der Waals surface area (Å²) in [7, 11) is 0. The summed E-state index contributed by atoms with van der Waals surface area (Å²) in [5.74, 6) is -0.225. The average molecular weight is 337 g/mol. The van der Waals surface area contributed by atoms with Crippen molar-refractivity contribution in [3.05, 3.63) is 64.1 Å². The lowest BCUT2D eigenvalue weighted by Crippen LogP contribution is -2.25. The lowest BCUT2D eigenvalue weighted by molar-refractivity contribution is 0.516. The van der Waals surface area contributed by atoms with E-state index in [9.17, 15) is 4.39 Å². The van der Waals surface area contributed by atoms with E-state index in [4.69, 9.17) is 0 Å². The van der Waals surface area contributed by atoms with Crippen LogP contribution in [0.25, 0.3) is 0 Å². The van der Waals surface area contributed by atoms with Crippen molar-refractivity contribution in [2.75, 3.05) is 6.54 Å². The lowest BCUT2D eigenvalue weighted by Gasteiger charge is -2.19. The fourth-order valence-corrected chi connectivity index (χ4v) is 2.60. The Balaban J connectivity index is 2.19. The Morgan fingerprint density at radius 1 is 1.30 bits per heavy atom. The van der Waals surface area contributed by atoms with Crippen molar-refractivity contribution in [1.29, 1.82) is 0 Å². The maximum Gasteiger partial charge on any atom is 0.124 e. The molecule has 1 atom stereocenters. The van der Waals surface area contributed by atoms with Crippen LogP contribution in [-0.4, -0.2) is 11.5 Å². The van der Waals surface area contributed by atoms with Crippen molar-refractivity contribution in [3.63, 3.8) is 0 Å². The Morgan fingerprint density at radius 2 is 2.15 bits per heavy atom. The van der Waals surface area contributed by atoms with Crippen LogP contribution >= 0.6 is 15.9 Å². The van der Waals surface area contributed by atoms with Crippen LogP contribution in [0.2, 0.25) is 0 Å². The van der Waals surface area contributed by atoms with E-state index in [1.165, 1.54) is 12.1 Å². The van der Waals surface area contributed by atoms with E-state index in [-0.39, 0.29) is 11.9 Å². The molecule has 1 aromatic carbocycles. The van der Waals surface area contributed by atoms with Crippen molar-refractivity contribution in [3.8, 4) is 0 Å². The maximum absolute atomic E-state index is 13.2. The molecule has 0 fully saturated rings. The van der Waals surface area contributed by atoms with Crippen molar-refractivity contribution >= 4 is 15.9 Å². The summed E-state index contributed by atoms with van der Waals surface area (Å²) >= 11 is 3.43. The molecule has 2 nitrogen and oxygen atoms in total. The Bertz CT molecular complexity index is 545. The normalized spacial score (nSPS) is 12.3. The van der Waals surface area contributed by atoms with Crippen LogP contribution < -0.4 is 5.32 Å². The molecule has 20 heavy (non-hydrogen) atoms. The van der Waals surface area contributed by atoms with Crippen molar-refractivity contribution in [2.24, 2.45) is 0 Å². The van der Waals surface area contributed by atoms with Crippen LogP contribution in [0.15, 0.2) is 47.1 Å². The number of nitrogens with one attached hydrogen (secondary N) is 1. The minimum atomic E-state index is -0.225. The summed E-state index contributed by atoms with van der Waals surface area (Å²) in [6.07, 6.45) is 3.64. The first kappa shape index (κ1) is 15.1. The highest BCUT2D eigenvalue weighted by Gasteiger charge is 2.14. The molecule has 1 unspecified atom stereocenters. The van der Waals surface area contributed by atoms with Gasteiger partial charge in [-0.2, -0.15) is 0 Å². The van der Waals surface area contributed by atoms with Crippen LogP contribution in [0.4, 0.5) is 4.39 Å². The Kier molecular flexibility index (Phi) is 5.68. The molecule has 2 rings (SSSR count). The summed E-state index contributed by atoms with van der Waals surface area (Å²) < 4.78 is 14.0. The fraction of sp³-hybridized carbons (Fsp3) is 0.312. The second kappa shape index (κ2) is 7.50. The van der Waals surface area contributed by atoms with E-state index >= 15 is 0 Å². The first-order valence-electron chi connectivity index (χ1n) is 6.79. The van der Waals surface area contributed by atoms with Gasteiger partial charge in [0.15, 0.2) is 0 Å². The highest BCUT2D eigenvalue weighted by atomic mass is 79.9. The highest BCUT2D eigenvalue weighted by Crippen LogP contribution is 2.24. The molecule has 0 saturated heterocycles. The van der Waals surface area contributed by atoms with Crippen molar-refractivity contribution < 1.29 is 4.39 Å². The molecule has 1 heterocycles. The van der Waals surface area contributed by atoms with Gasteiger partial charge in [0.05, 0.1) is 11.7 Å². The maximum atomic E-state index is 13.2. The third-order valence-electron chi connectivity index (χ3n) is 3.12. The van der Waals surface area contributed by atoms with Gasteiger partial charge < -0.3 is 5.32 Å². The van der Waals surface area contributed by atoms with E-state index in [1.54, 1.807) is 6.20 Å². The Morgan fingerprint density at radius 3 is 2.80 bits per heavy atom. The molecule has 0 aliphatic heterocycles. The minimum Gasteiger partial charge on any atom is -0.308 e. The predicted octanol–water partition coefficient (Wildman–Crippen LogP) is 4.27. The van der Waals surface area contributed by atoms with Gasteiger partial charge in [-0.25, -0.2) is 4.39 Å². The number of nitrogens with zero attached hydrogens (tertiary/aromatic N) is 1. The van der Waals surface area contributed by atoms with Gasteiger partial charge in [-0.3, -0.25) is 4.98 Å². The van der Waals surface area contributed by atoms with E-state index in [2.05, 4.69) is 33.2 Å². The van der Waals surface area contributed by atoms with Gasteiger partial charge in [0.1, 0.15) is 5.82 Å². The number of rotatable bonds is 6. The summed E-state index contributed by atoms with van der Waals surface area (Å²) in [5, 5.41) is 3.50. The molecule has 106 valence electrons. The Labute approximate surface area is 127 Å². The van der Waals surface area contributed by atoms with Gasteiger partial charge in [-0.1, -0.05) is 35.0 Å². The average Bonchev–Trinajstić information content (AvgIpc) is 2.46. The third kappa shape index (κ3) is 4.12. The molecule has 0 aliphatic carbocycles. The van der Waals surface area contributed by atoms with Crippen LogP contribution in [-0.2, 0) is 6.42 Å². The standard InChI is InChI=1S/C16H18BrFN2/c1-2-8-19-16(15-5-3-4-9-20-15)10-12-6-7-13(18)11-14(12)17/h3-7,9,11,16,19H,2,8,10H2,1H3. The third-order valence-corrected chi connectivity index (χ3v) is 3.86. The molecule has 0 radical (unpaired) electrons. The van der Waals surface area contributed by atoms with E-state index in [0.717, 1.165) is 35.1 Å². The molecule has 2 aromatic rings. The predicted molar refractivity (Wildman–Crippen MR) is 83.1 cm³/mol. The van der Waals surface area contributed by atoms with E-state index in [1.807, 2.05) is 24.3 Å². The first-order chi connectivity index (χ1) is 9.70. The summed E-state index contributed by atoms with van der Waals surface area (Å²) in [4.78, 5) is 4.42. The number of hydrogen-bond donors (Lipinski definition) is 1. The lowest BCUT2D eigenvalue weighted by atomic mass is 10.0. The molecular formula is C16H18BrFN2. The fourth-order valence-electron chi connectivity index (χ4n) is 2.09. The van der Waals surface area contributed by atoms with Crippen molar-refractivity contribution in [2.45, 2.75) is 25.8 Å². The van der Waals surface area contributed by atoms with E-state index < -0.39 is 0 Å². The number of benzene rings is 1. The van der Waals surface area contributed by atoms with Gasteiger partial charge in [0.2, 0.25) is 0 Å². The van der Waals surface area contributed by atoms with Crippen LogP contribution in [0, 0.1) is 5.82 Å². The quantitative estimate of drug-likeness (QED) is 0.852. The number of pyridine rings is 1. The number of aromatic nitrogens is 1. The molecule has 1 aromatic heterocycles. The van der Waals surface area contributed by atoms with Gasteiger partial charge in [-0.15, -0.1) is 0 Å². The Hall–Kier alpha value is -1.26. The second-order valence-electron chi connectivity index (χ2n) is 4.70. The topological polar surface area (TPSA) is 24.9 Å². The molecule has 1 N–H and O–H groups in total. The SMILES string of the molecule is CCCNC(Cc1ccc(F)cc1Br)c1ccccn1. The molecule has 0 aliphatic rings.